The highest BCUT2D eigenvalue weighted by Gasteiger charge is 2.30. The van der Waals surface area contributed by atoms with Gasteiger partial charge >= 0.3 is 0 Å². The van der Waals surface area contributed by atoms with Crippen LogP contribution in [-0.4, -0.2) is 34.9 Å². The Kier molecular flexibility index (Phi) is 5.51. The first-order valence-corrected chi connectivity index (χ1v) is 7.83. The number of benzene rings is 1. The summed E-state index contributed by atoms with van der Waals surface area (Å²) >= 11 is 8.32. The Morgan fingerprint density at radius 1 is 1.45 bits per heavy atom. The highest BCUT2D eigenvalue weighted by atomic mass is 79.9. The number of para-hydroxylation sites is 1. The van der Waals surface area contributed by atoms with E-state index < -0.39 is 0 Å². The fourth-order valence-corrected chi connectivity index (χ4v) is 2.50. The van der Waals surface area contributed by atoms with Crippen LogP contribution in [0.1, 0.15) is 19.3 Å². The molecule has 0 unspecified atom stereocenters. The molecule has 108 valence electrons. The molecule has 0 radical (unpaired) electrons. The second kappa shape index (κ2) is 7.15. The molecule has 1 saturated carbocycles. The number of carbonyl (C=O) groups is 1. The van der Waals surface area contributed by atoms with Gasteiger partial charge in [-0.2, -0.15) is 0 Å². The van der Waals surface area contributed by atoms with Gasteiger partial charge in [0.05, 0.1) is 17.2 Å². The van der Waals surface area contributed by atoms with E-state index in [4.69, 9.17) is 18.0 Å². The van der Waals surface area contributed by atoms with Gasteiger partial charge in [0.2, 0.25) is 5.91 Å². The van der Waals surface area contributed by atoms with Crippen LogP contribution in [0.15, 0.2) is 28.7 Å². The Morgan fingerprint density at radius 2 is 2.15 bits per heavy atom. The predicted octanol–water partition coefficient (Wildman–Crippen LogP) is 2.53. The molecule has 0 saturated heterocycles. The number of nitrogens with two attached hydrogens (primary N) is 1. The maximum atomic E-state index is 12.1. The minimum atomic E-state index is -0.00765. The molecule has 0 atom stereocenters. The van der Waals surface area contributed by atoms with Crippen molar-refractivity contribution in [3.63, 3.8) is 0 Å². The normalized spacial score (nSPS) is 14.3. The number of thiocarbonyl (C=S) groups is 1. The van der Waals surface area contributed by atoms with Crippen LogP contribution in [0.4, 0.5) is 5.69 Å². The van der Waals surface area contributed by atoms with E-state index in [1.54, 1.807) is 0 Å². The quantitative estimate of drug-likeness (QED) is 0.738. The van der Waals surface area contributed by atoms with Crippen molar-refractivity contribution in [1.29, 1.82) is 0 Å². The van der Waals surface area contributed by atoms with Gasteiger partial charge in [-0.3, -0.25) is 9.69 Å². The summed E-state index contributed by atoms with van der Waals surface area (Å²) in [6, 6.07) is 8.10. The average molecular weight is 356 g/mol. The highest BCUT2D eigenvalue weighted by molar-refractivity contribution is 9.10. The SMILES string of the molecule is NC(=S)CCN(CC(=O)Nc1ccccc1Br)C1CC1. The van der Waals surface area contributed by atoms with Crippen molar-refractivity contribution in [3.8, 4) is 0 Å². The summed E-state index contributed by atoms with van der Waals surface area (Å²) in [5, 5.41) is 2.92. The summed E-state index contributed by atoms with van der Waals surface area (Å²) in [6.45, 7) is 1.14. The summed E-state index contributed by atoms with van der Waals surface area (Å²) in [7, 11) is 0. The van der Waals surface area contributed by atoms with Crippen molar-refractivity contribution in [2.45, 2.75) is 25.3 Å². The van der Waals surface area contributed by atoms with Gasteiger partial charge in [0.25, 0.3) is 0 Å². The van der Waals surface area contributed by atoms with Gasteiger partial charge < -0.3 is 11.1 Å². The van der Waals surface area contributed by atoms with Gasteiger partial charge in [0.1, 0.15) is 0 Å². The molecule has 1 amide bonds. The van der Waals surface area contributed by atoms with E-state index in [9.17, 15) is 4.79 Å². The Morgan fingerprint density at radius 3 is 2.75 bits per heavy atom. The molecule has 1 aromatic carbocycles. The highest BCUT2D eigenvalue weighted by Crippen LogP contribution is 2.27. The Labute approximate surface area is 132 Å². The van der Waals surface area contributed by atoms with E-state index in [0.717, 1.165) is 29.5 Å². The molecule has 0 heterocycles. The van der Waals surface area contributed by atoms with Crippen LogP contribution < -0.4 is 11.1 Å². The molecule has 6 heteroatoms. The van der Waals surface area contributed by atoms with Gasteiger partial charge in [-0.1, -0.05) is 24.4 Å². The lowest BCUT2D eigenvalue weighted by molar-refractivity contribution is -0.117. The molecule has 2 rings (SSSR count). The molecule has 0 aromatic heterocycles. The zero-order valence-electron chi connectivity index (χ0n) is 11.1. The second-order valence-electron chi connectivity index (χ2n) is 4.95. The fraction of sp³-hybridized carbons (Fsp3) is 0.429. The summed E-state index contributed by atoms with van der Waals surface area (Å²) in [6.07, 6.45) is 2.97. The lowest BCUT2D eigenvalue weighted by Crippen LogP contribution is -2.36. The van der Waals surface area contributed by atoms with Crippen LogP contribution in [0.2, 0.25) is 0 Å². The number of hydrogen-bond acceptors (Lipinski definition) is 3. The summed E-state index contributed by atoms with van der Waals surface area (Å²) < 4.78 is 0.884. The number of hydrogen-bond donors (Lipinski definition) is 2. The maximum Gasteiger partial charge on any atom is 0.238 e. The number of anilines is 1. The predicted molar refractivity (Wildman–Crippen MR) is 88.8 cm³/mol. The Bertz CT molecular complexity index is 505. The Hall–Kier alpha value is -0.980. The van der Waals surface area contributed by atoms with Crippen LogP contribution in [0, 0.1) is 0 Å². The van der Waals surface area contributed by atoms with Crippen molar-refractivity contribution >= 4 is 44.7 Å². The van der Waals surface area contributed by atoms with E-state index in [1.165, 1.54) is 0 Å². The Balaban J connectivity index is 1.88. The monoisotopic (exact) mass is 355 g/mol. The standard InChI is InChI=1S/C14H18BrN3OS/c15-11-3-1-2-4-12(11)17-14(19)9-18(10-5-6-10)8-7-13(16)20/h1-4,10H,5-9H2,(H2,16,20)(H,17,19). The van der Waals surface area contributed by atoms with Crippen molar-refractivity contribution in [2.24, 2.45) is 5.73 Å². The number of halogens is 1. The van der Waals surface area contributed by atoms with Crippen LogP contribution in [0.25, 0.3) is 0 Å². The number of nitrogens with zero attached hydrogens (tertiary/aromatic N) is 1. The molecule has 0 bridgehead atoms. The molecule has 1 fully saturated rings. The average Bonchev–Trinajstić information content (AvgIpc) is 3.21. The second-order valence-corrected chi connectivity index (χ2v) is 6.32. The van der Waals surface area contributed by atoms with Gasteiger partial charge in [0.15, 0.2) is 0 Å². The van der Waals surface area contributed by atoms with Crippen LogP contribution >= 0.6 is 28.1 Å². The van der Waals surface area contributed by atoms with Crippen LogP contribution in [0.5, 0.6) is 0 Å². The minimum Gasteiger partial charge on any atom is -0.393 e. The van der Waals surface area contributed by atoms with Crippen LogP contribution in [-0.2, 0) is 4.79 Å². The molecular formula is C14H18BrN3OS. The first kappa shape index (κ1) is 15.4. The third-order valence-corrected chi connectivity index (χ3v) is 4.10. The van der Waals surface area contributed by atoms with Gasteiger partial charge in [0, 0.05) is 23.5 Å². The summed E-state index contributed by atoms with van der Waals surface area (Å²) in [5.74, 6) is -0.00765. The summed E-state index contributed by atoms with van der Waals surface area (Å²) in [4.78, 5) is 14.8. The maximum absolute atomic E-state index is 12.1. The van der Waals surface area contributed by atoms with E-state index in [1.807, 2.05) is 24.3 Å². The lowest BCUT2D eigenvalue weighted by Gasteiger charge is -2.21. The van der Waals surface area contributed by atoms with Crippen molar-refractivity contribution in [2.75, 3.05) is 18.4 Å². The number of carbonyl (C=O) groups excluding carboxylic acids is 1. The third kappa shape index (κ3) is 4.85. The largest absolute Gasteiger partial charge is 0.393 e. The zero-order valence-corrected chi connectivity index (χ0v) is 13.5. The fourth-order valence-electron chi connectivity index (χ4n) is 2.02. The van der Waals surface area contributed by atoms with E-state index in [2.05, 4.69) is 26.1 Å². The van der Waals surface area contributed by atoms with Crippen molar-refractivity contribution in [3.05, 3.63) is 28.7 Å². The number of nitrogens with one attached hydrogen (secondary N) is 1. The molecule has 3 N–H and O–H groups in total. The van der Waals surface area contributed by atoms with Gasteiger partial charge in [-0.25, -0.2) is 0 Å². The smallest absolute Gasteiger partial charge is 0.238 e. The van der Waals surface area contributed by atoms with Crippen molar-refractivity contribution < 1.29 is 4.79 Å². The first-order chi connectivity index (χ1) is 9.56. The molecule has 1 aromatic rings. The van der Waals surface area contributed by atoms with Gasteiger partial charge in [-0.05, 0) is 40.9 Å². The third-order valence-electron chi connectivity index (χ3n) is 3.20. The topological polar surface area (TPSA) is 58.4 Å². The number of rotatable bonds is 7. The molecule has 4 nitrogen and oxygen atoms in total. The van der Waals surface area contributed by atoms with Crippen LogP contribution in [0.3, 0.4) is 0 Å². The van der Waals surface area contributed by atoms with Gasteiger partial charge in [-0.15, -0.1) is 0 Å². The van der Waals surface area contributed by atoms with E-state index in [-0.39, 0.29) is 5.91 Å². The van der Waals surface area contributed by atoms with E-state index in [0.29, 0.717) is 24.0 Å². The molecule has 20 heavy (non-hydrogen) atoms. The molecule has 1 aliphatic rings. The molecule has 0 aliphatic heterocycles. The minimum absolute atomic E-state index is 0.00765. The molecule has 0 spiro atoms. The first-order valence-electron chi connectivity index (χ1n) is 6.63. The van der Waals surface area contributed by atoms with Crippen molar-refractivity contribution in [1.82, 2.24) is 4.90 Å². The van der Waals surface area contributed by atoms with E-state index >= 15 is 0 Å². The zero-order chi connectivity index (χ0) is 14.5. The molecular weight excluding hydrogens is 338 g/mol. The lowest BCUT2D eigenvalue weighted by atomic mass is 10.3. The molecule has 1 aliphatic carbocycles. The summed E-state index contributed by atoms with van der Waals surface area (Å²) in [5.41, 5.74) is 6.33. The number of amides is 1.